The van der Waals surface area contributed by atoms with E-state index in [9.17, 15) is 5.11 Å². The van der Waals surface area contributed by atoms with Gasteiger partial charge in [0, 0.05) is 0 Å². The summed E-state index contributed by atoms with van der Waals surface area (Å²) in [6.07, 6.45) is 1.76. The molecule has 0 saturated heterocycles. The molecule has 0 radical (unpaired) electrons. The van der Waals surface area contributed by atoms with Gasteiger partial charge in [0.15, 0.2) is 0 Å². The van der Waals surface area contributed by atoms with E-state index in [1.807, 2.05) is 13.8 Å². The summed E-state index contributed by atoms with van der Waals surface area (Å²) in [7, 11) is 0. The minimum Gasteiger partial charge on any atom is -0.393 e. The first kappa shape index (κ1) is 7.03. The molecule has 1 saturated carbocycles. The maximum Gasteiger partial charge on any atom is 0.0928 e. The van der Waals surface area contributed by atoms with Crippen molar-refractivity contribution in [2.75, 3.05) is 6.61 Å². The molecule has 1 aliphatic carbocycles. The van der Waals surface area contributed by atoms with Gasteiger partial charge in [-0.1, -0.05) is 13.8 Å². The van der Waals surface area contributed by atoms with Crippen LogP contribution in [0.4, 0.5) is 0 Å². The number of aliphatic hydroxyl groups excluding tert-OH is 1. The lowest BCUT2D eigenvalue weighted by molar-refractivity contribution is -0.172. The summed E-state index contributed by atoms with van der Waals surface area (Å²) < 4.78 is 0. The lowest BCUT2D eigenvalue weighted by Crippen LogP contribution is -2.56. The van der Waals surface area contributed by atoms with Crippen LogP contribution in [0, 0.1) is 5.41 Å². The van der Waals surface area contributed by atoms with Crippen LogP contribution in [-0.2, 0) is 0 Å². The second-order valence-corrected chi connectivity index (χ2v) is 3.57. The molecule has 0 aromatic rings. The molecule has 1 unspecified atom stereocenters. The third kappa shape index (κ3) is 0.775. The van der Waals surface area contributed by atoms with Gasteiger partial charge in [-0.05, 0) is 18.3 Å². The van der Waals surface area contributed by atoms with Gasteiger partial charge in [0.2, 0.25) is 0 Å². The highest BCUT2D eigenvalue weighted by atomic mass is 16.3. The Morgan fingerprint density at radius 1 is 1.33 bits per heavy atom. The molecule has 54 valence electrons. The van der Waals surface area contributed by atoms with Gasteiger partial charge < -0.3 is 10.2 Å². The topological polar surface area (TPSA) is 40.5 Å². The maximum absolute atomic E-state index is 9.50. The summed E-state index contributed by atoms with van der Waals surface area (Å²) in [6, 6.07) is 0. The quantitative estimate of drug-likeness (QED) is 0.543. The Kier molecular flexibility index (Phi) is 1.33. The third-order valence-electron chi connectivity index (χ3n) is 2.68. The van der Waals surface area contributed by atoms with Gasteiger partial charge in [-0.2, -0.15) is 0 Å². The minimum atomic E-state index is -0.785. The summed E-state index contributed by atoms with van der Waals surface area (Å²) in [5.74, 6) is 0. The first-order valence-electron chi connectivity index (χ1n) is 3.35. The zero-order valence-corrected chi connectivity index (χ0v) is 6.02. The Hall–Kier alpha value is -0.0800. The van der Waals surface area contributed by atoms with Crippen molar-refractivity contribution >= 4 is 0 Å². The molecule has 2 nitrogen and oxygen atoms in total. The molecule has 0 aromatic heterocycles. The second kappa shape index (κ2) is 1.70. The van der Waals surface area contributed by atoms with Gasteiger partial charge in [0.1, 0.15) is 0 Å². The fourth-order valence-corrected chi connectivity index (χ4v) is 1.21. The summed E-state index contributed by atoms with van der Waals surface area (Å²) in [5, 5.41) is 18.2. The molecule has 0 amide bonds. The van der Waals surface area contributed by atoms with E-state index in [4.69, 9.17) is 5.11 Å². The van der Waals surface area contributed by atoms with Crippen molar-refractivity contribution in [2.45, 2.75) is 32.3 Å². The molecule has 2 N–H and O–H groups in total. The largest absolute Gasteiger partial charge is 0.393 e. The fourth-order valence-electron chi connectivity index (χ4n) is 1.21. The monoisotopic (exact) mass is 130 g/mol. The van der Waals surface area contributed by atoms with E-state index in [-0.39, 0.29) is 12.0 Å². The van der Waals surface area contributed by atoms with Crippen molar-refractivity contribution in [2.24, 2.45) is 5.41 Å². The van der Waals surface area contributed by atoms with Crippen LogP contribution in [-0.4, -0.2) is 22.4 Å². The van der Waals surface area contributed by atoms with Crippen LogP contribution in [0.25, 0.3) is 0 Å². The summed E-state index contributed by atoms with van der Waals surface area (Å²) in [6.45, 7) is 3.86. The van der Waals surface area contributed by atoms with E-state index in [2.05, 4.69) is 0 Å². The normalized spacial score (nSPS) is 40.0. The standard InChI is InChI=1S/C7H14O2/c1-6(2)3-4-7(6,9)5-8/h8-9H,3-5H2,1-2H3. The van der Waals surface area contributed by atoms with Gasteiger partial charge in [-0.3, -0.25) is 0 Å². The minimum absolute atomic E-state index is 0.0677. The molecule has 9 heavy (non-hydrogen) atoms. The Balaban J connectivity index is 2.62. The van der Waals surface area contributed by atoms with Crippen molar-refractivity contribution in [3.63, 3.8) is 0 Å². The van der Waals surface area contributed by atoms with Crippen LogP contribution in [0.5, 0.6) is 0 Å². The Morgan fingerprint density at radius 2 is 1.89 bits per heavy atom. The summed E-state index contributed by atoms with van der Waals surface area (Å²) >= 11 is 0. The van der Waals surface area contributed by atoms with Gasteiger partial charge in [-0.25, -0.2) is 0 Å². The van der Waals surface area contributed by atoms with Gasteiger partial charge in [0.25, 0.3) is 0 Å². The van der Waals surface area contributed by atoms with Crippen LogP contribution in [0.2, 0.25) is 0 Å². The molecule has 0 aromatic carbocycles. The van der Waals surface area contributed by atoms with E-state index in [1.165, 1.54) is 0 Å². The van der Waals surface area contributed by atoms with Crippen molar-refractivity contribution < 1.29 is 10.2 Å². The Labute approximate surface area is 55.5 Å². The van der Waals surface area contributed by atoms with E-state index < -0.39 is 5.60 Å². The average molecular weight is 130 g/mol. The zero-order valence-electron chi connectivity index (χ0n) is 6.02. The number of hydrogen-bond donors (Lipinski definition) is 2. The average Bonchev–Trinajstić information content (AvgIpc) is 1.84. The molecular weight excluding hydrogens is 116 g/mol. The van der Waals surface area contributed by atoms with Crippen LogP contribution >= 0.6 is 0 Å². The number of rotatable bonds is 1. The Bertz CT molecular complexity index is 116. The van der Waals surface area contributed by atoms with Crippen molar-refractivity contribution in [1.29, 1.82) is 0 Å². The SMILES string of the molecule is CC1(C)CCC1(O)CO. The third-order valence-corrected chi connectivity index (χ3v) is 2.68. The predicted octanol–water partition coefficient (Wildman–Crippen LogP) is 0.530. The van der Waals surface area contributed by atoms with Crippen LogP contribution in [0.3, 0.4) is 0 Å². The second-order valence-electron chi connectivity index (χ2n) is 3.57. The predicted molar refractivity (Wildman–Crippen MR) is 35.1 cm³/mol. The molecule has 0 aliphatic heterocycles. The van der Waals surface area contributed by atoms with Crippen LogP contribution in [0.1, 0.15) is 26.7 Å². The van der Waals surface area contributed by atoms with Gasteiger partial charge >= 0.3 is 0 Å². The van der Waals surface area contributed by atoms with Crippen LogP contribution < -0.4 is 0 Å². The Morgan fingerprint density at radius 3 is 1.89 bits per heavy atom. The van der Waals surface area contributed by atoms with Gasteiger partial charge in [0.05, 0.1) is 12.2 Å². The molecule has 0 bridgehead atoms. The van der Waals surface area contributed by atoms with Crippen molar-refractivity contribution in [3.05, 3.63) is 0 Å². The highest BCUT2D eigenvalue weighted by molar-refractivity contribution is 5.02. The van der Waals surface area contributed by atoms with E-state index in [1.54, 1.807) is 0 Å². The molecule has 1 atom stereocenters. The number of aliphatic hydroxyl groups is 2. The molecule has 0 spiro atoms. The van der Waals surface area contributed by atoms with Crippen molar-refractivity contribution in [3.8, 4) is 0 Å². The highest BCUT2D eigenvalue weighted by Gasteiger charge is 2.51. The highest BCUT2D eigenvalue weighted by Crippen LogP contribution is 2.48. The van der Waals surface area contributed by atoms with Crippen molar-refractivity contribution in [1.82, 2.24) is 0 Å². The molecule has 1 aliphatic rings. The molecule has 1 rings (SSSR count). The van der Waals surface area contributed by atoms with Crippen LogP contribution in [0.15, 0.2) is 0 Å². The molecule has 2 heteroatoms. The lowest BCUT2D eigenvalue weighted by atomic mass is 9.59. The summed E-state index contributed by atoms with van der Waals surface area (Å²) in [5.41, 5.74) is -0.852. The molecule has 0 heterocycles. The molecule has 1 fully saturated rings. The van der Waals surface area contributed by atoms with E-state index >= 15 is 0 Å². The fraction of sp³-hybridized carbons (Fsp3) is 1.00. The number of hydrogen-bond acceptors (Lipinski definition) is 2. The zero-order chi connectivity index (χ0) is 7.12. The maximum atomic E-state index is 9.50. The van der Waals surface area contributed by atoms with E-state index in [0.717, 1.165) is 12.8 Å². The van der Waals surface area contributed by atoms with Gasteiger partial charge in [-0.15, -0.1) is 0 Å². The molecular formula is C7H14O2. The van der Waals surface area contributed by atoms with E-state index in [0.29, 0.717) is 0 Å². The first-order valence-corrected chi connectivity index (χ1v) is 3.35. The smallest absolute Gasteiger partial charge is 0.0928 e. The summed E-state index contributed by atoms with van der Waals surface area (Å²) in [4.78, 5) is 0. The lowest BCUT2D eigenvalue weighted by Gasteiger charge is -2.51. The first-order chi connectivity index (χ1) is 4.02.